The average molecular weight is 301 g/mol. The van der Waals surface area contributed by atoms with Gasteiger partial charge in [-0.25, -0.2) is 5.10 Å². The first kappa shape index (κ1) is 13.0. The molecule has 2 aromatic rings. The van der Waals surface area contributed by atoms with Crippen LogP contribution < -0.4 is 4.90 Å². The molecule has 1 atom stereocenters. The Labute approximate surface area is 129 Å². The zero-order valence-electron chi connectivity index (χ0n) is 11.9. The van der Waals surface area contributed by atoms with Crippen molar-refractivity contribution >= 4 is 18.2 Å². The summed E-state index contributed by atoms with van der Waals surface area (Å²) in [6.07, 6.45) is 2.62. The third kappa shape index (κ3) is 2.28. The van der Waals surface area contributed by atoms with Crippen molar-refractivity contribution in [3.05, 3.63) is 35.1 Å². The minimum Gasteiger partial charge on any atom is -0.338 e. The summed E-state index contributed by atoms with van der Waals surface area (Å²) in [5.74, 6) is 0.942. The molecule has 1 unspecified atom stereocenters. The number of para-hydroxylation sites is 1. The molecule has 3 heterocycles. The molecular weight excluding hydrogens is 282 g/mol. The molecule has 2 fully saturated rings. The third-order valence-corrected chi connectivity index (χ3v) is 4.81. The van der Waals surface area contributed by atoms with Gasteiger partial charge in [-0.1, -0.05) is 18.2 Å². The van der Waals surface area contributed by atoms with Gasteiger partial charge in [0.15, 0.2) is 0 Å². The van der Waals surface area contributed by atoms with E-state index in [0.717, 1.165) is 31.3 Å². The van der Waals surface area contributed by atoms with Crippen LogP contribution in [0.3, 0.4) is 0 Å². The van der Waals surface area contributed by atoms with Gasteiger partial charge in [0.25, 0.3) is 0 Å². The van der Waals surface area contributed by atoms with E-state index < -0.39 is 0 Å². The first-order chi connectivity index (χ1) is 10.3. The maximum Gasteiger partial charge on any atom is 0.230 e. The largest absolute Gasteiger partial charge is 0.338 e. The molecular formula is C15H19N5S. The second-order valence-corrected chi connectivity index (χ2v) is 6.16. The van der Waals surface area contributed by atoms with E-state index in [2.05, 4.69) is 32.1 Å². The SMILES string of the molecule is S=c1[nH]nc(N2CCN3CCCC3C2)n1-c1ccccc1. The Kier molecular flexibility index (Phi) is 3.27. The van der Waals surface area contributed by atoms with E-state index in [1.165, 1.54) is 19.4 Å². The predicted molar refractivity (Wildman–Crippen MR) is 85.6 cm³/mol. The van der Waals surface area contributed by atoms with E-state index in [1.54, 1.807) is 0 Å². The Bertz CT molecular complexity index is 677. The van der Waals surface area contributed by atoms with Gasteiger partial charge in [-0.15, -0.1) is 5.10 Å². The van der Waals surface area contributed by atoms with Gasteiger partial charge in [-0.3, -0.25) is 9.47 Å². The molecule has 4 rings (SSSR count). The summed E-state index contributed by atoms with van der Waals surface area (Å²) in [4.78, 5) is 4.97. The number of anilines is 1. The molecule has 2 saturated heterocycles. The van der Waals surface area contributed by atoms with Crippen LogP contribution in [0.5, 0.6) is 0 Å². The molecule has 2 aliphatic heterocycles. The molecule has 21 heavy (non-hydrogen) atoms. The molecule has 5 nitrogen and oxygen atoms in total. The van der Waals surface area contributed by atoms with Crippen molar-refractivity contribution in [3.8, 4) is 5.69 Å². The lowest BCUT2D eigenvalue weighted by molar-refractivity contribution is 0.229. The molecule has 1 N–H and O–H groups in total. The Balaban J connectivity index is 1.68. The van der Waals surface area contributed by atoms with Crippen molar-refractivity contribution in [3.63, 3.8) is 0 Å². The van der Waals surface area contributed by atoms with Gasteiger partial charge >= 0.3 is 0 Å². The van der Waals surface area contributed by atoms with Crippen LogP contribution in [-0.2, 0) is 0 Å². The van der Waals surface area contributed by atoms with Crippen LogP contribution in [0.25, 0.3) is 5.69 Å². The number of nitrogens with one attached hydrogen (secondary N) is 1. The zero-order chi connectivity index (χ0) is 14.2. The fourth-order valence-corrected chi connectivity index (χ4v) is 3.72. The molecule has 110 valence electrons. The number of piperazine rings is 1. The Morgan fingerprint density at radius 3 is 2.86 bits per heavy atom. The second-order valence-electron chi connectivity index (χ2n) is 5.78. The van der Waals surface area contributed by atoms with Gasteiger partial charge in [-0.2, -0.15) is 0 Å². The number of hydrogen-bond acceptors (Lipinski definition) is 4. The zero-order valence-corrected chi connectivity index (χ0v) is 12.7. The minimum absolute atomic E-state index is 0.657. The van der Waals surface area contributed by atoms with Crippen LogP contribution in [-0.4, -0.2) is 51.9 Å². The van der Waals surface area contributed by atoms with E-state index in [4.69, 9.17) is 12.2 Å². The second kappa shape index (κ2) is 5.27. The van der Waals surface area contributed by atoms with Crippen molar-refractivity contribution in [1.82, 2.24) is 19.7 Å². The lowest BCUT2D eigenvalue weighted by Crippen LogP contribution is -2.50. The highest BCUT2D eigenvalue weighted by Gasteiger charge is 2.32. The fraction of sp³-hybridized carbons (Fsp3) is 0.467. The normalized spacial score (nSPS) is 22.5. The van der Waals surface area contributed by atoms with E-state index in [9.17, 15) is 0 Å². The van der Waals surface area contributed by atoms with Crippen LogP contribution >= 0.6 is 12.2 Å². The van der Waals surface area contributed by atoms with Crippen LogP contribution in [0.1, 0.15) is 12.8 Å². The molecule has 2 aliphatic rings. The molecule has 1 aromatic carbocycles. The first-order valence-corrected chi connectivity index (χ1v) is 7.95. The van der Waals surface area contributed by atoms with Gasteiger partial charge < -0.3 is 4.90 Å². The van der Waals surface area contributed by atoms with Gasteiger partial charge in [0.05, 0.1) is 5.69 Å². The summed E-state index contributed by atoms with van der Waals surface area (Å²) in [6.45, 7) is 4.44. The van der Waals surface area contributed by atoms with Gasteiger partial charge in [-0.05, 0) is 43.7 Å². The van der Waals surface area contributed by atoms with Gasteiger partial charge in [0.1, 0.15) is 0 Å². The highest BCUT2D eigenvalue weighted by atomic mass is 32.1. The molecule has 0 bridgehead atoms. The topological polar surface area (TPSA) is 40.1 Å². The summed E-state index contributed by atoms with van der Waals surface area (Å²) >= 11 is 5.43. The molecule has 1 aromatic heterocycles. The maximum absolute atomic E-state index is 5.43. The highest BCUT2D eigenvalue weighted by Crippen LogP contribution is 2.26. The molecule has 0 aliphatic carbocycles. The van der Waals surface area contributed by atoms with Crippen molar-refractivity contribution < 1.29 is 0 Å². The van der Waals surface area contributed by atoms with Crippen LogP contribution in [0.4, 0.5) is 5.95 Å². The van der Waals surface area contributed by atoms with Crippen LogP contribution in [0.15, 0.2) is 30.3 Å². The average Bonchev–Trinajstić information content (AvgIpc) is 3.13. The van der Waals surface area contributed by atoms with Crippen molar-refractivity contribution in [1.29, 1.82) is 0 Å². The van der Waals surface area contributed by atoms with Gasteiger partial charge in [0, 0.05) is 25.7 Å². The number of rotatable bonds is 2. The molecule has 0 radical (unpaired) electrons. The highest BCUT2D eigenvalue weighted by molar-refractivity contribution is 7.71. The predicted octanol–water partition coefficient (Wildman–Crippen LogP) is 2.21. The minimum atomic E-state index is 0.657. The summed E-state index contributed by atoms with van der Waals surface area (Å²) < 4.78 is 2.70. The standard InChI is InChI=1S/C15H19N5S/c21-15-17-16-14(20(15)12-5-2-1-3-6-12)19-10-9-18-8-4-7-13(18)11-19/h1-3,5-6,13H,4,7-11H2,(H,17,21). The van der Waals surface area contributed by atoms with Crippen LogP contribution in [0, 0.1) is 4.77 Å². The lowest BCUT2D eigenvalue weighted by Gasteiger charge is -2.37. The molecule has 0 amide bonds. The smallest absolute Gasteiger partial charge is 0.230 e. The quantitative estimate of drug-likeness (QED) is 0.864. The molecule has 6 heteroatoms. The summed E-state index contributed by atoms with van der Waals surface area (Å²) in [7, 11) is 0. The van der Waals surface area contributed by atoms with Crippen LogP contribution in [0.2, 0.25) is 0 Å². The summed E-state index contributed by atoms with van der Waals surface area (Å²) in [5, 5.41) is 7.44. The molecule has 0 saturated carbocycles. The summed E-state index contributed by atoms with van der Waals surface area (Å²) in [6, 6.07) is 10.9. The van der Waals surface area contributed by atoms with Gasteiger partial charge in [0.2, 0.25) is 10.7 Å². The first-order valence-electron chi connectivity index (χ1n) is 7.55. The number of aromatic amines is 1. The Morgan fingerprint density at radius 2 is 2.00 bits per heavy atom. The Morgan fingerprint density at radius 1 is 1.14 bits per heavy atom. The number of fused-ring (bicyclic) bond motifs is 1. The Hall–Kier alpha value is -1.66. The van der Waals surface area contributed by atoms with E-state index in [0.29, 0.717) is 10.8 Å². The lowest BCUT2D eigenvalue weighted by atomic mass is 10.1. The number of benzene rings is 1. The summed E-state index contributed by atoms with van der Waals surface area (Å²) in [5.41, 5.74) is 1.07. The van der Waals surface area contributed by atoms with E-state index in [-0.39, 0.29) is 0 Å². The van der Waals surface area contributed by atoms with E-state index in [1.807, 2.05) is 22.8 Å². The fourth-order valence-electron chi connectivity index (χ4n) is 3.48. The number of hydrogen-bond donors (Lipinski definition) is 1. The van der Waals surface area contributed by atoms with Crippen molar-refractivity contribution in [2.75, 3.05) is 31.1 Å². The number of H-pyrrole nitrogens is 1. The number of aromatic nitrogens is 3. The van der Waals surface area contributed by atoms with Crippen molar-refractivity contribution in [2.24, 2.45) is 0 Å². The number of nitrogens with zero attached hydrogens (tertiary/aromatic N) is 4. The third-order valence-electron chi connectivity index (χ3n) is 4.54. The monoisotopic (exact) mass is 301 g/mol. The van der Waals surface area contributed by atoms with E-state index >= 15 is 0 Å². The van der Waals surface area contributed by atoms with Crippen molar-refractivity contribution in [2.45, 2.75) is 18.9 Å². The maximum atomic E-state index is 5.43. The molecule has 0 spiro atoms.